The summed E-state index contributed by atoms with van der Waals surface area (Å²) in [6.07, 6.45) is -0.163. The molecule has 148 valence electrons. The molecule has 0 unspecified atom stereocenters. The summed E-state index contributed by atoms with van der Waals surface area (Å²) in [5, 5.41) is 0.190. The Morgan fingerprint density at radius 3 is 2.25 bits per heavy atom. The molecule has 0 aromatic heterocycles. The van der Waals surface area contributed by atoms with Gasteiger partial charge in [0.25, 0.3) is 0 Å². The van der Waals surface area contributed by atoms with E-state index in [1.54, 1.807) is 0 Å². The number of methoxy groups -OCH3 is 1. The van der Waals surface area contributed by atoms with Crippen LogP contribution in [0, 0.1) is 0 Å². The molecular weight excluding hydrogens is 368 g/mol. The number of benzene rings is 2. The summed E-state index contributed by atoms with van der Waals surface area (Å²) in [6.45, 7) is 11.9. The number of carbonyl (C=O) groups is 1. The van der Waals surface area contributed by atoms with Gasteiger partial charge in [0, 0.05) is 0 Å². The molecule has 2 atom stereocenters. The van der Waals surface area contributed by atoms with E-state index in [9.17, 15) is 4.79 Å². The molecule has 2 bridgehead atoms. The van der Waals surface area contributed by atoms with Crippen LogP contribution in [0.3, 0.4) is 0 Å². The lowest BCUT2D eigenvalue weighted by Gasteiger charge is -2.36. The molecule has 2 aliphatic heterocycles. The second-order valence-electron chi connectivity index (χ2n) is 9.24. The van der Waals surface area contributed by atoms with E-state index in [0.717, 1.165) is 11.1 Å². The molecule has 2 aromatic rings. The van der Waals surface area contributed by atoms with Crippen molar-refractivity contribution in [2.24, 2.45) is 0 Å². The first-order valence-corrected chi connectivity index (χ1v) is 12.7. The molecule has 2 aliphatic rings. The lowest BCUT2D eigenvalue weighted by Crippen LogP contribution is -2.40. The standard InChI is InChI=1S/C23H28O4Si/c1-23(2,3)28(5,6)26-13-14-7-9-16-18(11-14)21-19-12-15(22(24)25-4)8-10-17(19)20(16)27-21/h7-12,20-21H,13H2,1-6H3/t20-,21+/m1/s1. The quantitative estimate of drug-likeness (QED) is 0.504. The first kappa shape index (κ1) is 19.4. The van der Waals surface area contributed by atoms with Crippen molar-refractivity contribution in [3.05, 3.63) is 69.8 Å². The van der Waals surface area contributed by atoms with Crippen LogP contribution in [-0.4, -0.2) is 21.4 Å². The van der Waals surface area contributed by atoms with E-state index in [1.807, 2.05) is 18.2 Å². The third kappa shape index (κ3) is 3.02. The molecular formula is C23H28O4Si. The van der Waals surface area contributed by atoms with Crippen molar-refractivity contribution in [1.82, 2.24) is 0 Å². The monoisotopic (exact) mass is 396 g/mol. The topological polar surface area (TPSA) is 44.8 Å². The molecule has 0 saturated heterocycles. The Kier molecular flexibility index (Phi) is 4.53. The van der Waals surface area contributed by atoms with Crippen molar-refractivity contribution in [2.75, 3.05) is 7.11 Å². The van der Waals surface area contributed by atoms with Gasteiger partial charge in [-0.25, -0.2) is 4.79 Å². The molecule has 2 heterocycles. The van der Waals surface area contributed by atoms with Gasteiger partial charge in [0.15, 0.2) is 8.32 Å². The van der Waals surface area contributed by atoms with Crippen LogP contribution in [0.4, 0.5) is 0 Å². The summed E-state index contributed by atoms with van der Waals surface area (Å²) in [6, 6.07) is 12.2. The average Bonchev–Trinajstić information content (AvgIpc) is 3.21. The first-order valence-electron chi connectivity index (χ1n) is 9.77. The molecule has 28 heavy (non-hydrogen) atoms. The van der Waals surface area contributed by atoms with Gasteiger partial charge in [0.2, 0.25) is 0 Å². The zero-order valence-corrected chi connectivity index (χ0v) is 18.5. The van der Waals surface area contributed by atoms with Gasteiger partial charge in [-0.3, -0.25) is 0 Å². The Morgan fingerprint density at radius 1 is 1.00 bits per heavy atom. The minimum atomic E-state index is -1.79. The largest absolute Gasteiger partial charge is 0.465 e. The van der Waals surface area contributed by atoms with Crippen molar-refractivity contribution in [3.63, 3.8) is 0 Å². The van der Waals surface area contributed by atoms with Crippen molar-refractivity contribution >= 4 is 14.3 Å². The van der Waals surface area contributed by atoms with E-state index in [2.05, 4.69) is 52.1 Å². The van der Waals surface area contributed by atoms with Crippen LogP contribution in [0.2, 0.25) is 18.1 Å². The van der Waals surface area contributed by atoms with Crippen LogP contribution in [0.1, 0.15) is 71.2 Å². The summed E-state index contributed by atoms with van der Waals surface area (Å²) in [5.74, 6) is -0.317. The van der Waals surface area contributed by atoms with Crippen LogP contribution >= 0.6 is 0 Å². The fourth-order valence-electron chi connectivity index (χ4n) is 3.71. The van der Waals surface area contributed by atoms with Crippen molar-refractivity contribution in [3.8, 4) is 0 Å². The maximum atomic E-state index is 11.9. The van der Waals surface area contributed by atoms with Gasteiger partial charge in [-0.15, -0.1) is 0 Å². The average molecular weight is 397 g/mol. The van der Waals surface area contributed by atoms with Crippen LogP contribution in [-0.2, 0) is 20.5 Å². The Bertz CT molecular complexity index is 942. The molecule has 4 nitrogen and oxygen atoms in total. The minimum absolute atomic E-state index is 0.0444. The molecule has 5 heteroatoms. The molecule has 0 fully saturated rings. The second kappa shape index (κ2) is 6.54. The van der Waals surface area contributed by atoms with Gasteiger partial charge in [-0.2, -0.15) is 0 Å². The van der Waals surface area contributed by atoms with E-state index in [-0.39, 0.29) is 23.2 Å². The number of rotatable bonds is 4. The number of esters is 1. The second-order valence-corrected chi connectivity index (χ2v) is 14.1. The maximum absolute atomic E-state index is 11.9. The fourth-order valence-corrected chi connectivity index (χ4v) is 4.67. The summed E-state index contributed by atoms with van der Waals surface area (Å²) in [4.78, 5) is 11.9. The molecule has 2 aromatic carbocycles. The maximum Gasteiger partial charge on any atom is 0.337 e. The van der Waals surface area contributed by atoms with Crippen LogP contribution < -0.4 is 0 Å². The normalized spacial score (nSPS) is 20.1. The van der Waals surface area contributed by atoms with Crippen LogP contribution in [0.15, 0.2) is 36.4 Å². The smallest absolute Gasteiger partial charge is 0.337 e. The van der Waals surface area contributed by atoms with Gasteiger partial charge < -0.3 is 13.9 Å². The van der Waals surface area contributed by atoms with Crippen LogP contribution in [0.25, 0.3) is 0 Å². The van der Waals surface area contributed by atoms with Gasteiger partial charge >= 0.3 is 5.97 Å². The zero-order chi connectivity index (χ0) is 20.3. The van der Waals surface area contributed by atoms with Crippen molar-refractivity contribution in [2.45, 2.75) is 57.7 Å². The summed E-state index contributed by atoms with van der Waals surface area (Å²) >= 11 is 0. The molecule has 0 aliphatic carbocycles. The highest BCUT2D eigenvalue weighted by atomic mass is 28.4. The van der Waals surface area contributed by atoms with E-state index >= 15 is 0 Å². The predicted molar refractivity (Wildman–Crippen MR) is 111 cm³/mol. The first-order chi connectivity index (χ1) is 13.1. The highest BCUT2D eigenvalue weighted by Crippen LogP contribution is 2.54. The van der Waals surface area contributed by atoms with Gasteiger partial charge in [-0.1, -0.05) is 45.0 Å². The SMILES string of the molecule is COC(=O)c1ccc2c(c1)[C@H]1O[C@@H]2c2ccc(CO[Si](C)(C)C(C)(C)C)cc21. The Balaban J connectivity index is 1.60. The summed E-state index contributed by atoms with van der Waals surface area (Å²) in [5.41, 5.74) is 6.37. The molecule has 0 saturated carbocycles. The lowest BCUT2D eigenvalue weighted by molar-refractivity contribution is 0.0600. The number of hydrogen-bond donors (Lipinski definition) is 0. The third-order valence-electron chi connectivity index (χ3n) is 6.47. The minimum Gasteiger partial charge on any atom is -0.465 e. The molecule has 4 rings (SSSR count). The molecule has 0 spiro atoms. The van der Waals surface area contributed by atoms with Crippen molar-refractivity contribution < 1.29 is 18.7 Å². The van der Waals surface area contributed by atoms with E-state index in [4.69, 9.17) is 13.9 Å². The van der Waals surface area contributed by atoms with Gasteiger partial charge in [-0.05, 0) is 58.1 Å². The van der Waals surface area contributed by atoms with Crippen LogP contribution in [0.5, 0.6) is 0 Å². The number of fused-ring (bicyclic) bond motifs is 8. The lowest BCUT2D eigenvalue weighted by atomic mass is 9.84. The predicted octanol–water partition coefficient (Wildman–Crippen LogP) is 5.52. The Hall–Kier alpha value is -1.95. The molecule has 0 amide bonds. The molecule has 0 radical (unpaired) electrons. The number of hydrogen-bond acceptors (Lipinski definition) is 4. The third-order valence-corrected chi connectivity index (χ3v) is 10.9. The number of carbonyl (C=O) groups excluding carboxylic acids is 1. The Labute approximate surface area is 167 Å². The Morgan fingerprint density at radius 2 is 1.61 bits per heavy atom. The van der Waals surface area contributed by atoms with Crippen molar-refractivity contribution in [1.29, 1.82) is 0 Å². The van der Waals surface area contributed by atoms with E-state index < -0.39 is 8.32 Å². The zero-order valence-electron chi connectivity index (χ0n) is 17.5. The van der Waals surface area contributed by atoms with Gasteiger partial charge in [0.05, 0.1) is 19.3 Å². The highest BCUT2D eigenvalue weighted by Gasteiger charge is 2.43. The fraction of sp³-hybridized carbons (Fsp3) is 0.435. The number of ether oxygens (including phenoxy) is 2. The summed E-state index contributed by atoms with van der Waals surface area (Å²) < 4.78 is 17.5. The highest BCUT2D eigenvalue weighted by molar-refractivity contribution is 6.74. The van der Waals surface area contributed by atoms with E-state index in [0.29, 0.717) is 12.2 Å². The van der Waals surface area contributed by atoms with E-state index in [1.165, 1.54) is 23.8 Å². The molecule has 0 N–H and O–H groups in total. The van der Waals surface area contributed by atoms with Gasteiger partial charge in [0.1, 0.15) is 12.2 Å². The summed E-state index contributed by atoms with van der Waals surface area (Å²) in [7, 11) is -0.389.